The van der Waals surface area contributed by atoms with Crippen molar-refractivity contribution < 1.29 is 0 Å². The molecule has 2 heterocycles. The Morgan fingerprint density at radius 1 is 0.778 bits per heavy atom. The second-order valence-electron chi connectivity index (χ2n) is 3.95. The van der Waals surface area contributed by atoms with E-state index in [1.165, 1.54) is 0 Å². The minimum atomic E-state index is 0.900. The highest BCUT2D eigenvalue weighted by Crippen LogP contribution is 2.17. The third-order valence-corrected chi connectivity index (χ3v) is 2.55. The molecule has 0 aliphatic rings. The van der Waals surface area contributed by atoms with Crippen LogP contribution in [0.2, 0.25) is 0 Å². The lowest BCUT2D eigenvalue weighted by atomic mass is 10.1. The normalized spacial score (nSPS) is 11.4. The first-order valence-corrected chi connectivity index (χ1v) is 6.01. The molecule has 0 radical (unpaired) electrons. The van der Waals surface area contributed by atoms with Gasteiger partial charge in [-0.25, -0.2) is 0 Å². The maximum atomic E-state index is 4.37. The average molecular weight is 236 g/mol. The lowest BCUT2D eigenvalue weighted by molar-refractivity contribution is 1.24. The van der Waals surface area contributed by atoms with Crippen molar-refractivity contribution >= 4 is 12.2 Å². The first-order chi connectivity index (χ1) is 8.83. The van der Waals surface area contributed by atoms with Gasteiger partial charge in [0.2, 0.25) is 0 Å². The molecule has 2 nitrogen and oxygen atoms in total. The fourth-order valence-corrected chi connectivity index (χ4v) is 1.77. The number of allylic oxidation sites excluding steroid dienone is 2. The summed E-state index contributed by atoms with van der Waals surface area (Å²) in [6.07, 6.45) is 11.8. The molecule has 0 aliphatic heterocycles. The summed E-state index contributed by atoms with van der Waals surface area (Å²) in [4.78, 5) is 8.75. The highest BCUT2D eigenvalue weighted by Gasteiger charge is 2.01. The second kappa shape index (κ2) is 5.92. The number of pyridine rings is 2. The molecule has 0 fully saturated rings. The van der Waals surface area contributed by atoms with Gasteiger partial charge in [-0.05, 0) is 49.2 Å². The van der Waals surface area contributed by atoms with E-state index in [1.54, 1.807) is 0 Å². The zero-order valence-corrected chi connectivity index (χ0v) is 10.7. The molecule has 2 aromatic heterocycles. The van der Waals surface area contributed by atoms with Crippen molar-refractivity contribution in [3.63, 3.8) is 0 Å². The van der Waals surface area contributed by atoms with Crippen LogP contribution in [0, 0.1) is 0 Å². The van der Waals surface area contributed by atoms with E-state index in [0.717, 1.165) is 22.5 Å². The number of aromatic nitrogens is 2. The highest BCUT2D eigenvalue weighted by molar-refractivity contribution is 5.63. The highest BCUT2D eigenvalue weighted by atomic mass is 14.8. The van der Waals surface area contributed by atoms with Gasteiger partial charge < -0.3 is 0 Å². The molecule has 18 heavy (non-hydrogen) atoms. The van der Waals surface area contributed by atoms with E-state index in [2.05, 4.69) is 22.1 Å². The lowest BCUT2D eigenvalue weighted by Crippen LogP contribution is -1.88. The topological polar surface area (TPSA) is 25.8 Å². The SMILES string of the molecule is CC=Cc1ccnc(-c2cc(C=CC)ccn2)c1. The van der Waals surface area contributed by atoms with Crippen LogP contribution in [-0.2, 0) is 0 Å². The Morgan fingerprint density at radius 2 is 1.22 bits per heavy atom. The molecule has 2 heteroatoms. The Morgan fingerprint density at radius 3 is 1.61 bits per heavy atom. The molecule has 0 saturated carbocycles. The van der Waals surface area contributed by atoms with Crippen LogP contribution in [0.5, 0.6) is 0 Å². The summed E-state index contributed by atoms with van der Waals surface area (Å²) in [5.74, 6) is 0. The Kier molecular flexibility index (Phi) is 4.02. The molecule has 0 spiro atoms. The molecule has 2 rings (SSSR count). The molecular formula is C16H16N2. The molecule has 0 amide bonds. The van der Waals surface area contributed by atoms with Crippen LogP contribution in [0.4, 0.5) is 0 Å². The van der Waals surface area contributed by atoms with Gasteiger partial charge in [0.05, 0.1) is 11.4 Å². The first kappa shape index (κ1) is 12.2. The van der Waals surface area contributed by atoms with Gasteiger partial charge in [0, 0.05) is 12.4 Å². The molecule has 2 aromatic rings. The van der Waals surface area contributed by atoms with Gasteiger partial charge in [0.15, 0.2) is 0 Å². The maximum Gasteiger partial charge on any atom is 0.0892 e. The molecule has 0 unspecified atom stereocenters. The summed E-state index contributed by atoms with van der Waals surface area (Å²) in [5, 5.41) is 0. The van der Waals surface area contributed by atoms with E-state index in [9.17, 15) is 0 Å². The summed E-state index contributed by atoms with van der Waals surface area (Å²) in [7, 11) is 0. The van der Waals surface area contributed by atoms with E-state index in [4.69, 9.17) is 0 Å². The largest absolute Gasteiger partial charge is 0.255 e. The van der Waals surface area contributed by atoms with Crippen molar-refractivity contribution in [3.8, 4) is 11.4 Å². The van der Waals surface area contributed by atoms with E-state index in [0.29, 0.717) is 0 Å². The van der Waals surface area contributed by atoms with Gasteiger partial charge in [0.1, 0.15) is 0 Å². The number of nitrogens with zero attached hydrogens (tertiary/aromatic N) is 2. The Bertz CT molecular complexity index is 530. The van der Waals surface area contributed by atoms with Crippen LogP contribution in [0.3, 0.4) is 0 Å². The van der Waals surface area contributed by atoms with E-state index in [1.807, 2.05) is 62.7 Å². The average Bonchev–Trinajstić information content (AvgIpc) is 2.40. The number of hydrogen-bond donors (Lipinski definition) is 0. The van der Waals surface area contributed by atoms with Crippen molar-refractivity contribution in [1.82, 2.24) is 9.97 Å². The fourth-order valence-electron chi connectivity index (χ4n) is 1.77. The quantitative estimate of drug-likeness (QED) is 0.797. The monoisotopic (exact) mass is 236 g/mol. The van der Waals surface area contributed by atoms with Crippen molar-refractivity contribution in [2.45, 2.75) is 13.8 Å². The van der Waals surface area contributed by atoms with Gasteiger partial charge in [-0.1, -0.05) is 24.3 Å². The third-order valence-electron chi connectivity index (χ3n) is 2.55. The Labute approximate surface area is 108 Å². The molecular weight excluding hydrogens is 220 g/mol. The van der Waals surface area contributed by atoms with Gasteiger partial charge in [-0.3, -0.25) is 9.97 Å². The summed E-state index contributed by atoms with van der Waals surface area (Å²) >= 11 is 0. The molecule has 0 saturated heterocycles. The van der Waals surface area contributed by atoms with Gasteiger partial charge in [-0.15, -0.1) is 0 Å². The minimum Gasteiger partial charge on any atom is -0.255 e. The second-order valence-corrected chi connectivity index (χ2v) is 3.95. The van der Waals surface area contributed by atoms with Crippen LogP contribution in [0.1, 0.15) is 25.0 Å². The van der Waals surface area contributed by atoms with Crippen LogP contribution in [0.15, 0.2) is 48.8 Å². The maximum absolute atomic E-state index is 4.37. The number of rotatable bonds is 3. The standard InChI is InChI=1S/C16H16N2/c1-3-5-13-7-9-17-15(11-13)16-12-14(6-4-2)8-10-18-16/h3-12H,1-2H3. The van der Waals surface area contributed by atoms with Crippen molar-refractivity contribution in [2.24, 2.45) is 0 Å². The molecule has 0 N–H and O–H groups in total. The fraction of sp³-hybridized carbons (Fsp3) is 0.125. The van der Waals surface area contributed by atoms with Crippen molar-refractivity contribution in [3.05, 3.63) is 59.9 Å². The third kappa shape index (κ3) is 2.92. The molecule has 0 aromatic carbocycles. The van der Waals surface area contributed by atoms with Crippen LogP contribution >= 0.6 is 0 Å². The van der Waals surface area contributed by atoms with Crippen molar-refractivity contribution in [1.29, 1.82) is 0 Å². The molecule has 0 atom stereocenters. The van der Waals surface area contributed by atoms with Gasteiger partial charge in [-0.2, -0.15) is 0 Å². The zero-order chi connectivity index (χ0) is 12.8. The van der Waals surface area contributed by atoms with E-state index >= 15 is 0 Å². The minimum absolute atomic E-state index is 0.900. The smallest absolute Gasteiger partial charge is 0.0892 e. The summed E-state index contributed by atoms with van der Waals surface area (Å²) < 4.78 is 0. The molecule has 90 valence electrons. The predicted molar refractivity (Wildman–Crippen MR) is 76.9 cm³/mol. The lowest BCUT2D eigenvalue weighted by Gasteiger charge is -2.02. The van der Waals surface area contributed by atoms with Crippen LogP contribution in [-0.4, -0.2) is 9.97 Å². The first-order valence-electron chi connectivity index (χ1n) is 6.01. The molecule has 0 aliphatic carbocycles. The summed E-state index contributed by atoms with van der Waals surface area (Å²) in [6.45, 7) is 4.01. The summed E-state index contributed by atoms with van der Waals surface area (Å²) in [6, 6.07) is 8.06. The van der Waals surface area contributed by atoms with Crippen LogP contribution < -0.4 is 0 Å². The Balaban J connectivity index is 2.41. The summed E-state index contributed by atoms with van der Waals surface area (Å²) in [5.41, 5.74) is 4.08. The number of hydrogen-bond acceptors (Lipinski definition) is 2. The van der Waals surface area contributed by atoms with Gasteiger partial charge >= 0.3 is 0 Å². The Hall–Kier alpha value is -2.22. The molecule has 0 bridgehead atoms. The van der Waals surface area contributed by atoms with Gasteiger partial charge in [0.25, 0.3) is 0 Å². The predicted octanol–water partition coefficient (Wildman–Crippen LogP) is 4.21. The van der Waals surface area contributed by atoms with E-state index in [-0.39, 0.29) is 0 Å². The van der Waals surface area contributed by atoms with Crippen LogP contribution in [0.25, 0.3) is 23.5 Å². The van der Waals surface area contributed by atoms with Crippen molar-refractivity contribution in [2.75, 3.05) is 0 Å². The van der Waals surface area contributed by atoms with E-state index < -0.39 is 0 Å². The zero-order valence-electron chi connectivity index (χ0n) is 10.7.